The summed E-state index contributed by atoms with van der Waals surface area (Å²) in [6.45, 7) is 0.210. The van der Waals surface area contributed by atoms with Crippen LogP contribution >= 0.6 is 0 Å². The van der Waals surface area contributed by atoms with Crippen molar-refractivity contribution in [2.75, 3.05) is 13.2 Å². The number of aryl methyl sites for hydroxylation is 2. The summed E-state index contributed by atoms with van der Waals surface area (Å²) in [4.78, 5) is 11.8. The van der Waals surface area contributed by atoms with Crippen LogP contribution in [0.5, 0.6) is 5.75 Å². The van der Waals surface area contributed by atoms with Gasteiger partial charge in [-0.2, -0.15) is 0 Å². The molecule has 2 aromatic rings. The molecular weight excluding hydrogens is 249 g/mol. The number of nitrogens with zero attached hydrogens (tertiary/aromatic N) is 2. The molecule has 1 aromatic heterocycles. The summed E-state index contributed by atoms with van der Waals surface area (Å²) in [6.07, 6.45) is 0.455. The molecule has 0 aliphatic rings. The van der Waals surface area contributed by atoms with Crippen LogP contribution in [0.2, 0.25) is 0 Å². The third-order valence-electron chi connectivity index (χ3n) is 3.08. The predicted octanol–water partition coefficient (Wildman–Crippen LogP) is 1.07. The van der Waals surface area contributed by atoms with Crippen LogP contribution in [0.1, 0.15) is 0 Å². The van der Waals surface area contributed by atoms with E-state index in [4.69, 9.17) is 10.5 Å². The number of aromatic nitrogens is 2. The maximum atomic E-state index is 12.4. The molecule has 1 heterocycles. The van der Waals surface area contributed by atoms with Gasteiger partial charge in [0.15, 0.2) is 0 Å². The fourth-order valence-corrected chi connectivity index (χ4v) is 1.89. The Morgan fingerprint density at radius 3 is 2.68 bits per heavy atom. The van der Waals surface area contributed by atoms with E-state index in [0.717, 1.165) is 11.0 Å². The maximum Gasteiger partial charge on any atom is 0.328 e. The Bertz CT molecular complexity index is 685. The summed E-state index contributed by atoms with van der Waals surface area (Å²) in [6, 6.07) is 5.30. The van der Waals surface area contributed by atoms with Crippen molar-refractivity contribution in [2.24, 2.45) is 19.8 Å². The average Bonchev–Trinajstić information content (AvgIpc) is 2.65. The van der Waals surface area contributed by atoms with Gasteiger partial charge in [-0.3, -0.25) is 9.13 Å². The largest absolute Gasteiger partial charge is 0.489 e. The topological polar surface area (TPSA) is 62.2 Å². The van der Waals surface area contributed by atoms with Crippen molar-refractivity contribution in [3.8, 4) is 5.75 Å². The Morgan fingerprint density at radius 2 is 2.05 bits per heavy atom. The summed E-state index contributed by atoms with van der Waals surface area (Å²) < 4.78 is 20.9. The molecule has 0 bridgehead atoms. The fourth-order valence-electron chi connectivity index (χ4n) is 1.89. The summed E-state index contributed by atoms with van der Waals surface area (Å²) >= 11 is 0. The van der Waals surface area contributed by atoms with Gasteiger partial charge in [0.2, 0.25) is 0 Å². The van der Waals surface area contributed by atoms with Gasteiger partial charge in [-0.1, -0.05) is 0 Å². The van der Waals surface area contributed by atoms with Crippen LogP contribution in [0.4, 0.5) is 4.39 Å². The minimum absolute atomic E-state index is 0.0965. The van der Waals surface area contributed by atoms with E-state index >= 15 is 0 Å². The molecule has 0 unspecified atom stereocenters. The number of rotatable bonds is 4. The Hall–Kier alpha value is -2.08. The molecule has 2 N–H and O–H groups in total. The van der Waals surface area contributed by atoms with Crippen LogP contribution in [0.25, 0.3) is 11.0 Å². The van der Waals surface area contributed by atoms with Crippen molar-refractivity contribution < 1.29 is 9.13 Å². The van der Waals surface area contributed by atoms with Crippen molar-refractivity contribution in [3.63, 3.8) is 0 Å². The number of halogens is 1. The van der Waals surface area contributed by atoms with Crippen LogP contribution in [0.15, 0.2) is 34.9 Å². The van der Waals surface area contributed by atoms with Gasteiger partial charge in [-0.05, 0) is 12.1 Å². The summed E-state index contributed by atoms with van der Waals surface area (Å²) in [5.74, 6) is 0.571. The molecule has 0 aliphatic heterocycles. The van der Waals surface area contributed by atoms with Gasteiger partial charge in [0.25, 0.3) is 0 Å². The van der Waals surface area contributed by atoms with Gasteiger partial charge < -0.3 is 10.5 Å². The quantitative estimate of drug-likeness (QED) is 0.899. The van der Waals surface area contributed by atoms with Gasteiger partial charge in [-0.15, -0.1) is 0 Å². The third-order valence-corrected chi connectivity index (χ3v) is 3.08. The van der Waals surface area contributed by atoms with Gasteiger partial charge in [0, 0.05) is 32.3 Å². The highest BCUT2D eigenvalue weighted by atomic mass is 19.1. The Kier molecular flexibility index (Phi) is 3.71. The van der Waals surface area contributed by atoms with E-state index in [2.05, 4.69) is 0 Å². The monoisotopic (exact) mass is 265 g/mol. The molecule has 5 nitrogen and oxygen atoms in total. The molecule has 1 aromatic carbocycles. The lowest BCUT2D eigenvalue weighted by atomic mass is 10.3. The second-order valence-electron chi connectivity index (χ2n) is 4.31. The van der Waals surface area contributed by atoms with Gasteiger partial charge >= 0.3 is 5.69 Å². The minimum atomic E-state index is -0.0987. The molecule has 0 radical (unpaired) electrons. The van der Waals surface area contributed by atoms with E-state index in [9.17, 15) is 9.18 Å². The molecule has 19 heavy (non-hydrogen) atoms. The van der Waals surface area contributed by atoms with Crippen molar-refractivity contribution >= 4 is 11.0 Å². The highest BCUT2D eigenvalue weighted by Gasteiger charge is 2.08. The molecule has 102 valence electrons. The van der Waals surface area contributed by atoms with Crippen LogP contribution in [0, 0.1) is 0 Å². The molecule has 0 amide bonds. The lowest BCUT2D eigenvalue weighted by Gasteiger charge is -2.07. The van der Waals surface area contributed by atoms with Crippen LogP contribution in [-0.2, 0) is 14.1 Å². The molecule has 2 rings (SSSR count). The number of benzene rings is 1. The molecule has 0 saturated carbocycles. The molecule has 6 heteroatoms. The number of nitrogens with two attached hydrogens (primary N) is 1. The maximum absolute atomic E-state index is 12.4. The van der Waals surface area contributed by atoms with Crippen LogP contribution in [-0.4, -0.2) is 22.3 Å². The van der Waals surface area contributed by atoms with E-state index in [-0.39, 0.29) is 18.8 Å². The first kappa shape index (κ1) is 13.4. The molecule has 0 aliphatic carbocycles. The molecule has 0 spiro atoms. The van der Waals surface area contributed by atoms with Crippen LogP contribution < -0.4 is 16.2 Å². The zero-order valence-electron chi connectivity index (χ0n) is 10.9. The highest BCUT2D eigenvalue weighted by Crippen LogP contribution is 2.19. The summed E-state index contributed by atoms with van der Waals surface area (Å²) in [5.41, 5.74) is 7.21. The third kappa shape index (κ3) is 2.39. The molecule has 0 atom stereocenters. The second-order valence-corrected chi connectivity index (χ2v) is 4.31. The number of imidazole rings is 1. The number of ether oxygens (including phenoxy) is 1. The second kappa shape index (κ2) is 5.27. The fraction of sp³-hybridized carbons (Fsp3) is 0.308. The van der Waals surface area contributed by atoms with E-state index in [1.165, 1.54) is 4.57 Å². The van der Waals surface area contributed by atoms with Crippen LogP contribution in [0.3, 0.4) is 0 Å². The van der Waals surface area contributed by atoms with Crippen molar-refractivity contribution in [1.29, 1.82) is 0 Å². The first-order chi connectivity index (χ1) is 9.08. The normalized spacial score (nSPS) is 12.1. The Morgan fingerprint density at radius 1 is 1.37 bits per heavy atom. The van der Waals surface area contributed by atoms with Crippen molar-refractivity contribution in [3.05, 3.63) is 40.6 Å². The zero-order chi connectivity index (χ0) is 14.0. The summed E-state index contributed by atoms with van der Waals surface area (Å²) in [5, 5.41) is 0. The number of fused-ring (bicyclic) bond motifs is 1. The van der Waals surface area contributed by atoms with E-state index in [1.54, 1.807) is 36.9 Å². The summed E-state index contributed by atoms with van der Waals surface area (Å²) in [7, 11) is 3.41. The lowest BCUT2D eigenvalue weighted by Crippen LogP contribution is -2.19. The number of hydrogen-bond donors (Lipinski definition) is 1. The smallest absolute Gasteiger partial charge is 0.328 e. The molecule has 0 saturated heterocycles. The standard InChI is InChI=1S/C13H16FN3O2/c1-16-11-4-3-10(19-8-9(6-14)7-15)5-12(11)17(2)13(16)18/h3-6H,7-8,15H2,1-2H3/b9-6+. The minimum Gasteiger partial charge on any atom is -0.489 e. The lowest BCUT2D eigenvalue weighted by molar-refractivity contribution is 0.348. The molecule has 0 fully saturated rings. The van der Waals surface area contributed by atoms with Crippen molar-refractivity contribution in [1.82, 2.24) is 9.13 Å². The van der Waals surface area contributed by atoms with E-state index in [0.29, 0.717) is 17.7 Å². The SMILES string of the molecule is Cn1c(=O)n(C)c2cc(OC/C(=C/F)CN)ccc21. The van der Waals surface area contributed by atoms with Gasteiger partial charge in [-0.25, -0.2) is 9.18 Å². The predicted molar refractivity (Wildman–Crippen MR) is 71.9 cm³/mol. The molecular formula is C13H16FN3O2. The van der Waals surface area contributed by atoms with E-state index < -0.39 is 0 Å². The van der Waals surface area contributed by atoms with Gasteiger partial charge in [0.05, 0.1) is 17.4 Å². The number of hydrogen-bond acceptors (Lipinski definition) is 3. The average molecular weight is 265 g/mol. The Labute approximate surface area is 109 Å². The van der Waals surface area contributed by atoms with E-state index in [1.807, 2.05) is 0 Å². The van der Waals surface area contributed by atoms with Crippen molar-refractivity contribution in [2.45, 2.75) is 0 Å². The first-order valence-corrected chi connectivity index (χ1v) is 5.85. The first-order valence-electron chi connectivity index (χ1n) is 5.85. The highest BCUT2D eigenvalue weighted by molar-refractivity contribution is 5.77. The zero-order valence-corrected chi connectivity index (χ0v) is 10.9. The van der Waals surface area contributed by atoms with Gasteiger partial charge in [0.1, 0.15) is 12.4 Å². The Balaban J connectivity index is 2.32.